The zero-order chi connectivity index (χ0) is 19.7. The molecule has 0 aromatic heterocycles. The maximum atomic E-state index is 13.6. The summed E-state index contributed by atoms with van der Waals surface area (Å²) in [6.45, 7) is 3.37. The van der Waals surface area contributed by atoms with Crippen molar-refractivity contribution >= 4 is 28.3 Å². The summed E-state index contributed by atoms with van der Waals surface area (Å²) < 4.78 is 45.0. The Morgan fingerprint density at radius 3 is 2.15 bits per heavy atom. The molecule has 2 rings (SSSR count). The van der Waals surface area contributed by atoms with E-state index in [9.17, 15) is 27.9 Å². The Labute approximate surface area is 148 Å². The summed E-state index contributed by atoms with van der Waals surface area (Å²) in [5, 5.41) is 10.6. The number of hydrogen-bond donors (Lipinski definition) is 1. The third-order valence-corrected chi connectivity index (χ3v) is 4.17. The van der Waals surface area contributed by atoms with E-state index in [1.807, 2.05) is 0 Å². The SMILES string of the molecule is CCN(C(C)=O)c1ccc(C(O)(C(=O)OC)C(F)(F)F)c2ccccc12. The molecule has 0 heterocycles. The minimum absolute atomic E-state index is 0.00470. The van der Waals surface area contributed by atoms with Crippen LogP contribution in [0.3, 0.4) is 0 Å². The molecule has 0 aliphatic heterocycles. The van der Waals surface area contributed by atoms with Crippen LogP contribution in [0.25, 0.3) is 10.8 Å². The van der Waals surface area contributed by atoms with Gasteiger partial charge in [-0.05, 0) is 18.4 Å². The smallest absolute Gasteiger partial charge is 0.432 e. The van der Waals surface area contributed by atoms with Gasteiger partial charge in [0.15, 0.2) is 0 Å². The van der Waals surface area contributed by atoms with Crippen molar-refractivity contribution in [1.29, 1.82) is 0 Å². The molecule has 0 radical (unpaired) electrons. The molecule has 5 nitrogen and oxygen atoms in total. The second-order valence-corrected chi connectivity index (χ2v) is 5.64. The predicted molar refractivity (Wildman–Crippen MR) is 89.6 cm³/mol. The van der Waals surface area contributed by atoms with Gasteiger partial charge in [0.05, 0.1) is 12.8 Å². The van der Waals surface area contributed by atoms with E-state index in [1.165, 1.54) is 36.1 Å². The normalized spacial score (nSPS) is 14.0. The van der Waals surface area contributed by atoms with Gasteiger partial charge in [0.1, 0.15) is 0 Å². The predicted octanol–water partition coefficient (Wildman–Crippen LogP) is 3.14. The fourth-order valence-corrected chi connectivity index (χ4v) is 2.92. The first-order chi connectivity index (χ1) is 12.1. The summed E-state index contributed by atoms with van der Waals surface area (Å²) in [7, 11) is 0.768. The Bertz CT molecular complexity index is 850. The zero-order valence-electron chi connectivity index (χ0n) is 14.4. The standard InChI is InChI=1S/C18H18F3NO4/c1-4-22(11(2)23)15-10-9-14(12-7-5-6-8-13(12)15)17(25,16(24)26-3)18(19,20)21/h5-10,25H,4H2,1-3H3. The van der Waals surface area contributed by atoms with Crippen LogP contribution in [-0.2, 0) is 19.9 Å². The van der Waals surface area contributed by atoms with Crippen molar-refractivity contribution in [2.75, 3.05) is 18.6 Å². The van der Waals surface area contributed by atoms with Gasteiger partial charge in [0.2, 0.25) is 5.91 Å². The van der Waals surface area contributed by atoms with Gasteiger partial charge in [-0.3, -0.25) is 4.79 Å². The number of benzene rings is 2. The summed E-state index contributed by atoms with van der Waals surface area (Å²) in [6.07, 6.45) is -5.30. The largest absolute Gasteiger partial charge is 0.466 e. The van der Waals surface area contributed by atoms with Crippen molar-refractivity contribution in [2.45, 2.75) is 25.6 Å². The van der Waals surface area contributed by atoms with Crippen molar-refractivity contribution in [2.24, 2.45) is 0 Å². The van der Waals surface area contributed by atoms with Crippen molar-refractivity contribution < 1.29 is 32.6 Å². The summed E-state index contributed by atoms with van der Waals surface area (Å²) in [5.41, 5.74) is -4.10. The first-order valence-electron chi connectivity index (χ1n) is 7.77. The number of alkyl halides is 3. The molecule has 0 aliphatic carbocycles. The van der Waals surface area contributed by atoms with Gasteiger partial charge in [-0.2, -0.15) is 13.2 Å². The number of methoxy groups -OCH3 is 1. The van der Waals surface area contributed by atoms with Crippen LogP contribution in [-0.4, -0.2) is 36.8 Å². The summed E-state index contributed by atoms with van der Waals surface area (Å²) in [4.78, 5) is 25.1. The minimum atomic E-state index is -5.30. The molecule has 1 unspecified atom stereocenters. The highest BCUT2D eigenvalue weighted by atomic mass is 19.4. The van der Waals surface area contributed by atoms with Gasteiger partial charge in [0, 0.05) is 24.4 Å². The van der Waals surface area contributed by atoms with Crippen molar-refractivity contribution in [1.82, 2.24) is 0 Å². The molecule has 0 aliphatic rings. The number of esters is 1. The second-order valence-electron chi connectivity index (χ2n) is 5.64. The Morgan fingerprint density at radius 2 is 1.69 bits per heavy atom. The molecule has 0 fully saturated rings. The number of anilines is 1. The van der Waals surface area contributed by atoms with E-state index in [2.05, 4.69) is 4.74 Å². The highest BCUT2D eigenvalue weighted by molar-refractivity contribution is 6.05. The van der Waals surface area contributed by atoms with E-state index < -0.39 is 23.3 Å². The lowest BCUT2D eigenvalue weighted by Crippen LogP contribution is -2.50. The third-order valence-electron chi connectivity index (χ3n) is 4.17. The monoisotopic (exact) mass is 369 g/mol. The maximum absolute atomic E-state index is 13.6. The van der Waals surface area contributed by atoms with E-state index >= 15 is 0 Å². The van der Waals surface area contributed by atoms with Crippen molar-refractivity contribution in [3.05, 3.63) is 42.0 Å². The van der Waals surface area contributed by atoms with E-state index in [0.29, 0.717) is 17.6 Å². The molecule has 0 saturated carbocycles. The molecule has 2 aromatic rings. The van der Waals surface area contributed by atoms with Gasteiger partial charge in [-0.25, -0.2) is 4.79 Å². The summed E-state index contributed by atoms with van der Waals surface area (Å²) >= 11 is 0. The van der Waals surface area contributed by atoms with Crippen LogP contribution in [0.15, 0.2) is 36.4 Å². The quantitative estimate of drug-likeness (QED) is 0.841. The molecule has 0 saturated heterocycles. The Kier molecular flexibility index (Phi) is 5.27. The van der Waals surface area contributed by atoms with Crippen molar-refractivity contribution in [3.63, 3.8) is 0 Å². The zero-order valence-corrected chi connectivity index (χ0v) is 14.4. The average Bonchev–Trinajstić information content (AvgIpc) is 2.59. The van der Waals surface area contributed by atoms with Gasteiger partial charge in [0.25, 0.3) is 5.60 Å². The molecule has 1 atom stereocenters. The number of nitrogens with zero attached hydrogens (tertiary/aromatic N) is 1. The number of halogens is 3. The number of aliphatic hydroxyl groups is 1. The van der Waals surface area contributed by atoms with Crippen LogP contribution in [0.4, 0.5) is 18.9 Å². The lowest BCUT2D eigenvalue weighted by molar-refractivity contribution is -0.266. The number of rotatable bonds is 4. The summed E-state index contributed by atoms with van der Waals surface area (Å²) in [5.74, 6) is -2.12. The molecule has 1 amide bonds. The molecular weight excluding hydrogens is 351 g/mol. The topological polar surface area (TPSA) is 66.8 Å². The molecule has 2 aromatic carbocycles. The first kappa shape index (κ1) is 19.7. The Hall–Kier alpha value is -2.61. The van der Waals surface area contributed by atoms with E-state index in [-0.39, 0.29) is 11.3 Å². The van der Waals surface area contributed by atoms with Gasteiger partial charge in [-0.15, -0.1) is 0 Å². The number of ether oxygens (including phenoxy) is 1. The van der Waals surface area contributed by atoms with Crippen LogP contribution >= 0.6 is 0 Å². The summed E-state index contributed by atoms with van der Waals surface area (Å²) in [6, 6.07) is 8.22. The fourth-order valence-electron chi connectivity index (χ4n) is 2.92. The molecule has 140 valence electrons. The molecule has 1 N–H and O–H groups in total. The third kappa shape index (κ3) is 3.01. The van der Waals surface area contributed by atoms with Gasteiger partial charge in [-0.1, -0.05) is 30.3 Å². The van der Waals surface area contributed by atoms with Crippen molar-refractivity contribution in [3.8, 4) is 0 Å². The highest BCUT2D eigenvalue weighted by Crippen LogP contribution is 2.44. The average molecular weight is 369 g/mol. The number of hydrogen-bond acceptors (Lipinski definition) is 4. The van der Waals surface area contributed by atoms with Crippen LogP contribution in [0, 0.1) is 0 Å². The van der Waals surface area contributed by atoms with Gasteiger partial charge < -0.3 is 14.7 Å². The second kappa shape index (κ2) is 6.95. The van der Waals surface area contributed by atoms with Crippen LogP contribution in [0.1, 0.15) is 19.4 Å². The lowest BCUT2D eigenvalue weighted by atomic mass is 9.88. The number of amides is 1. The number of fused-ring (bicyclic) bond motifs is 1. The molecular formula is C18H18F3NO4. The first-order valence-corrected chi connectivity index (χ1v) is 7.77. The van der Waals surface area contributed by atoms with E-state index in [0.717, 1.165) is 13.2 Å². The maximum Gasteiger partial charge on any atom is 0.432 e. The number of carbonyl (C=O) groups is 2. The molecule has 26 heavy (non-hydrogen) atoms. The Balaban J connectivity index is 2.86. The lowest BCUT2D eigenvalue weighted by Gasteiger charge is -2.30. The van der Waals surface area contributed by atoms with Crippen LogP contribution in [0.5, 0.6) is 0 Å². The van der Waals surface area contributed by atoms with Gasteiger partial charge >= 0.3 is 12.1 Å². The highest BCUT2D eigenvalue weighted by Gasteiger charge is 2.62. The number of carbonyl (C=O) groups excluding carboxylic acids is 2. The van der Waals surface area contributed by atoms with E-state index in [4.69, 9.17) is 0 Å². The Morgan fingerprint density at radius 1 is 1.12 bits per heavy atom. The fraction of sp³-hybridized carbons (Fsp3) is 0.333. The molecule has 8 heteroatoms. The molecule has 0 spiro atoms. The van der Waals surface area contributed by atoms with E-state index in [1.54, 1.807) is 13.0 Å². The van der Waals surface area contributed by atoms with Crippen LogP contribution < -0.4 is 4.90 Å². The minimum Gasteiger partial charge on any atom is -0.466 e. The molecule has 0 bridgehead atoms. The van der Waals surface area contributed by atoms with Crippen LogP contribution in [0.2, 0.25) is 0 Å².